The first-order valence-electron chi connectivity index (χ1n) is 9.35. The Morgan fingerprint density at radius 2 is 1.90 bits per heavy atom. The molecule has 0 spiro atoms. The van der Waals surface area contributed by atoms with Crippen LogP contribution in [0.3, 0.4) is 0 Å². The molecule has 2 aliphatic carbocycles. The number of nitrogens with two attached hydrogens (primary N) is 1. The lowest BCUT2D eigenvalue weighted by atomic mass is 9.45. The zero-order chi connectivity index (χ0) is 14.6. The summed E-state index contributed by atoms with van der Waals surface area (Å²) in [7, 11) is 0. The Morgan fingerprint density at radius 3 is 2.30 bits per heavy atom. The van der Waals surface area contributed by atoms with Gasteiger partial charge in [-0.15, -0.1) is 0 Å². The maximum absolute atomic E-state index is 6.04. The third kappa shape index (κ3) is 3.08. The second-order valence-corrected chi connectivity index (χ2v) is 7.95. The number of hydrogen-bond donors (Lipinski definition) is 1. The average Bonchev–Trinajstić information content (AvgIpc) is 2.30. The number of unbranched alkanes of at least 4 members (excludes halogenated alkanes) is 2. The van der Waals surface area contributed by atoms with E-state index < -0.39 is 0 Å². The highest BCUT2D eigenvalue weighted by molar-refractivity contribution is 5.03. The summed E-state index contributed by atoms with van der Waals surface area (Å²) in [5, 5.41) is 0. The molecule has 118 valence electrons. The largest absolute Gasteiger partial charge is 0.330 e. The van der Waals surface area contributed by atoms with Crippen LogP contribution in [0, 0.1) is 29.1 Å². The lowest BCUT2D eigenvalue weighted by Crippen LogP contribution is -2.52. The lowest BCUT2D eigenvalue weighted by Gasteiger charge is -2.60. The summed E-state index contributed by atoms with van der Waals surface area (Å²) in [6.45, 7) is 8.12. The molecule has 0 radical (unpaired) electrons. The normalized spacial score (nSPS) is 31.9. The SMILES string of the molecule is CCCCCC(C1CCC1)C1(CCN)CC[C@H]1C(C)C. The summed E-state index contributed by atoms with van der Waals surface area (Å²) >= 11 is 0. The molecule has 0 aliphatic heterocycles. The lowest BCUT2D eigenvalue weighted by molar-refractivity contribution is -0.101. The van der Waals surface area contributed by atoms with Crippen LogP contribution in [0.2, 0.25) is 0 Å². The first-order chi connectivity index (χ1) is 9.65. The third-order valence-electron chi connectivity index (χ3n) is 6.65. The van der Waals surface area contributed by atoms with Crippen molar-refractivity contribution in [2.75, 3.05) is 6.54 Å². The summed E-state index contributed by atoms with van der Waals surface area (Å²) in [5.74, 6) is 3.84. The van der Waals surface area contributed by atoms with Crippen LogP contribution in [0.25, 0.3) is 0 Å². The Morgan fingerprint density at radius 1 is 1.15 bits per heavy atom. The number of hydrogen-bond acceptors (Lipinski definition) is 1. The van der Waals surface area contributed by atoms with E-state index in [0.29, 0.717) is 5.41 Å². The van der Waals surface area contributed by atoms with Crippen LogP contribution in [-0.4, -0.2) is 6.54 Å². The minimum absolute atomic E-state index is 0.627. The topological polar surface area (TPSA) is 26.0 Å². The minimum Gasteiger partial charge on any atom is -0.330 e. The van der Waals surface area contributed by atoms with E-state index in [1.165, 1.54) is 64.2 Å². The maximum atomic E-state index is 6.04. The van der Waals surface area contributed by atoms with Gasteiger partial charge in [0.2, 0.25) is 0 Å². The van der Waals surface area contributed by atoms with Crippen molar-refractivity contribution in [3.8, 4) is 0 Å². The van der Waals surface area contributed by atoms with Gasteiger partial charge in [-0.1, -0.05) is 59.3 Å². The average molecular weight is 280 g/mol. The second kappa shape index (κ2) is 7.29. The van der Waals surface area contributed by atoms with E-state index in [4.69, 9.17) is 5.73 Å². The first kappa shape index (κ1) is 16.3. The van der Waals surface area contributed by atoms with Crippen LogP contribution < -0.4 is 5.73 Å². The molecule has 20 heavy (non-hydrogen) atoms. The molecule has 2 N–H and O–H groups in total. The molecule has 0 aromatic heterocycles. The Bertz CT molecular complexity index is 281. The van der Waals surface area contributed by atoms with Crippen molar-refractivity contribution in [1.29, 1.82) is 0 Å². The highest BCUT2D eigenvalue weighted by Crippen LogP contribution is 2.62. The summed E-state index contributed by atoms with van der Waals surface area (Å²) in [6.07, 6.45) is 14.5. The molecule has 0 heterocycles. The third-order valence-corrected chi connectivity index (χ3v) is 6.65. The van der Waals surface area contributed by atoms with E-state index in [0.717, 1.165) is 30.2 Å². The molecule has 1 heteroatoms. The highest BCUT2D eigenvalue weighted by Gasteiger charge is 2.54. The zero-order valence-electron chi connectivity index (χ0n) is 14.2. The van der Waals surface area contributed by atoms with Gasteiger partial charge < -0.3 is 5.73 Å². The van der Waals surface area contributed by atoms with Crippen molar-refractivity contribution in [2.45, 2.75) is 85.0 Å². The fraction of sp³-hybridized carbons (Fsp3) is 1.00. The first-order valence-corrected chi connectivity index (χ1v) is 9.35. The van der Waals surface area contributed by atoms with Crippen LogP contribution >= 0.6 is 0 Å². The van der Waals surface area contributed by atoms with Crippen LogP contribution in [0.1, 0.15) is 85.0 Å². The molecular formula is C19H37N. The summed E-state index contributed by atoms with van der Waals surface area (Å²) in [5.41, 5.74) is 6.67. The van der Waals surface area contributed by atoms with Crippen LogP contribution in [0.5, 0.6) is 0 Å². The zero-order valence-corrected chi connectivity index (χ0v) is 14.2. The van der Waals surface area contributed by atoms with E-state index in [2.05, 4.69) is 20.8 Å². The molecule has 2 saturated carbocycles. The summed E-state index contributed by atoms with van der Waals surface area (Å²) < 4.78 is 0. The van der Waals surface area contributed by atoms with Gasteiger partial charge in [0.1, 0.15) is 0 Å². The second-order valence-electron chi connectivity index (χ2n) is 7.95. The van der Waals surface area contributed by atoms with Crippen molar-refractivity contribution in [1.82, 2.24) is 0 Å². The highest BCUT2D eigenvalue weighted by atomic mass is 14.6. The summed E-state index contributed by atoms with van der Waals surface area (Å²) in [6, 6.07) is 0. The van der Waals surface area contributed by atoms with Gasteiger partial charge in [-0.05, 0) is 61.3 Å². The number of rotatable bonds is 9. The standard InChI is InChI=1S/C19H37N/c1-4-5-6-10-18(16-8-7-9-16)19(13-14-20)12-11-17(19)15(2)3/h15-18H,4-14,20H2,1-3H3/t17-,18?,19?/m0/s1. The van der Waals surface area contributed by atoms with Gasteiger partial charge in [-0.3, -0.25) is 0 Å². The van der Waals surface area contributed by atoms with Crippen molar-refractivity contribution in [3.05, 3.63) is 0 Å². The molecule has 0 bridgehead atoms. The van der Waals surface area contributed by atoms with Gasteiger partial charge in [-0.25, -0.2) is 0 Å². The molecule has 2 unspecified atom stereocenters. The Balaban J connectivity index is 2.09. The molecule has 0 amide bonds. The van der Waals surface area contributed by atoms with Gasteiger partial charge in [0.15, 0.2) is 0 Å². The molecule has 0 aromatic rings. The van der Waals surface area contributed by atoms with E-state index in [-0.39, 0.29) is 0 Å². The Hall–Kier alpha value is -0.0400. The molecule has 0 aromatic carbocycles. The van der Waals surface area contributed by atoms with Gasteiger partial charge in [0.05, 0.1) is 0 Å². The molecular weight excluding hydrogens is 242 g/mol. The molecule has 1 nitrogen and oxygen atoms in total. The summed E-state index contributed by atoms with van der Waals surface area (Å²) in [4.78, 5) is 0. The van der Waals surface area contributed by atoms with Gasteiger partial charge in [0, 0.05) is 0 Å². The quantitative estimate of drug-likeness (QED) is 0.563. The monoisotopic (exact) mass is 279 g/mol. The van der Waals surface area contributed by atoms with Crippen LogP contribution in [0.15, 0.2) is 0 Å². The molecule has 2 fully saturated rings. The van der Waals surface area contributed by atoms with E-state index in [1.807, 2.05) is 0 Å². The van der Waals surface area contributed by atoms with E-state index in [9.17, 15) is 0 Å². The van der Waals surface area contributed by atoms with Crippen molar-refractivity contribution >= 4 is 0 Å². The predicted octanol–water partition coefficient (Wildman–Crippen LogP) is 5.38. The van der Waals surface area contributed by atoms with Crippen LogP contribution in [0.4, 0.5) is 0 Å². The predicted molar refractivity (Wildman–Crippen MR) is 88.6 cm³/mol. The molecule has 3 atom stereocenters. The Labute approximate surface area is 127 Å². The molecule has 2 aliphatic rings. The van der Waals surface area contributed by atoms with E-state index in [1.54, 1.807) is 0 Å². The van der Waals surface area contributed by atoms with Crippen molar-refractivity contribution in [3.63, 3.8) is 0 Å². The van der Waals surface area contributed by atoms with E-state index >= 15 is 0 Å². The van der Waals surface area contributed by atoms with Crippen molar-refractivity contribution < 1.29 is 0 Å². The maximum Gasteiger partial charge on any atom is -0.00718 e. The minimum atomic E-state index is 0.627. The van der Waals surface area contributed by atoms with Gasteiger partial charge >= 0.3 is 0 Å². The fourth-order valence-electron chi connectivity index (χ4n) is 5.35. The fourth-order valence-corrected chi connectivity index (χ4v) is 5.35. The molecule has 2 rings (SSSR count). The van der Waals surface area contributed by atoms with Gasteiger partial charge in [-0.2, -0.15) is 0 Å². The van der Waals surface area contributed by atoms with Crippen LogP contribution in [-0.2, 0) is 0 Å². The smallest absolute Gasteiger partial charge is 0.00718 e. The van der Waals surface area contributed by atoms with Crippen molar-refractivity contribution in [2.24, 2.45) is 34.8 Å². The Kier molecular flexibility index (Phi) is 5.95. The molecule has 0 saturated heterocycles. The van der Waals surface area contributed by atoms with Gasteiger partial charge in [0.25, 0.3) is 0 Å².